The first-order chi connectivity index (χ1) is 12.7. The lowest BCUT2D eigenvalue weighted by Gasteiger charge is -2.12. The average Bonchev–Trinajstić information content (AvgIpc) is 3.30. The number of ether oxygens (including phenoxy) is 1. The van der Waals surface area contributed by atoms with Crippen molar-refractivity contribution in [3.8, 4) is 11.6 Å². The third kappa shape index (κ3) is 2.61. The molecule has 4 N–H and O–H groups in total. The number of fused-ring (bicyclic) bond motifs is 1. The van der Waals surface area contributed by atoms with Crippen molar-refractivity contribution in [2.75, 3.05) is 12.4 Å². The molecule has 1 amide bonds. The lowest BCUT2D eigenvalue weighted by molar-refractivity contribution is 0.0997. The van der Waals surface area contributed by atoms with Gasteiger partial charge < -0.3 is 20.8 Å². The molecule has 0 atom stereocenters. The molecule has 4 aromatic rings. The number of carbonyl (C=O) groups is 1. The number of benzene rings is 1. The van der Waals surface area contributed by atoms with Crippen LogP contribution in [0.1, 0.15) is 10.4 Å². The average molecular weight is 349 g/mol. The molecule has 130 valence electrons. The summed E-state index contributed by atoms with van der Waals surface area (Å²) in [5.74, 6) is 1.06. The van der Waals surface area contributed by atoms with E-state index in [1.165, 1.54) is 13.4 Å². The minimum atomic E-state index is -0.571. The number of hydrogen-bond donors (Lipinski definition) is 3. The number of aromatic nitrogens is 5. The number of rotatable bonds is 5. The highest BCUT2D eigenvalue weighted by Crippen LogP contribution is 2.26. The molecule has 0 saturated heterocycles. The largest absolute Gasteiger partial charge is 0.496 e. The van der Waals surface area contributed by atoms with Gasteiger partial charge in [-0.15, -0.1) is 0 Å². The van der Waals surface area contributed by atoms with Crippen molar-refractivity contribution >= 4 is 28.6 Å². The van der Waals surface area contributed by atoms with Crippen LogP contribution >= 0.6 is 0 Å². The van der Waals surface area contributed by atoms with Crippen LogP contribution in [0.25, 0.3) is 16.9 Å². The van der Waals surface area contributed by atoms with Crippen molar-refractivity contribution in [3.05, 3.63) is 54.7 Å². The second kappa shape index (κ2) is 6.20. The Hall–Kier alpha value is -3.88. The van der Waals surface area contributed by atoms with Crippen LogP contribution in [0.15, 0.2) is 49.2 Å². The topological polar surface area (TPSA) is 124 Å². The first kappa shape index (κ1) is 15.6. The number of primary amides is 1. The smallest absolute Gasteiger partial charge is 0.252 e. The SMILES string of the molecule is COc1ccc(Nc2nccn2-c2ncnc3[nH]ccc23)cc1C(N)=O. The second-order valence-corrected chi connectivity index (χ2v) is 5.46. The minimum absolute atomic E-state index is 0.283. The van der Waals surface area contributed by atoms with Crippen LogP contribution in [0.5, 0.6) is 5.75 Å². The van der Waals surface area contributed by atoms with E-state index in [1.807, 2.05) is 6.07 Å². The molecule has 3 heterocycles. The Morgan fingerprint density at radius 3 is 2.96 bits per heavy atom. The van der Waals surface area contributed by atoms with Gasteiger partial charge in [0, 0.05) is 24.3 Å². The number of H-pyrrole nitrogens is 1. The zero-order valence-electron chi connectivity index (χ0n) is 13.8. The molecular weight excluding hydrogens is 334 g/mol. The van der Waals surface area contributed by atoms with E-state index in [0.29, 0.717) is 23.2 Å². The zero-order valence-corrected chi connectivity index (χ0v) is 13.8. The molecular formula is C17H15N7O2. The normalized spacial score (nSPS) is 10.8. The number of nitrogens with two attached hydrogens (primary N) is 1. The predicted molar refractivity (Wildman–Crippen MR) is 95.8 cm³/mol. The van der Waals surface area contributed by atoms with Gasteiger partial charge in [-0.2, -0.15) is 0 Å². The Morgan fingerprint density at radius 2 is 2.15 bits per heavy atom. The lowest BCUT2D eigenvalue weighted by atomic mass is 10.1. The van der Waals surface area contributed by atoms with E-state index >= 15 is 0 Å². The van der Waals surface area contributed by atoms with Crippen molar-refractivity contribution < 1.29 is 9.53 Å². The molecule has 0 unspecified atom stereocenters. The summed E-state index contributed by atoms with van der Waals surface area (Å²) in [6.07, 6.45) is 6.73. The number of aromatic amines is 1. The van der Waals surface area contributed by atoms with E-state index in [9.17, 15) is 4.79 Å². The number of imidazole rings is 1. The van der Waals surface area contributed by atoms with Gasteiger partial charge in [-0.25, -0.2) is 15.0 Å². The van der Waals surface area contributed by atoms with Crippen LogP contribution in [0.2, 0.25) is 0 Å². The summed E-state index contributed by atoms with van der Waals surface area (Å²) in [7, 11) is 1.48. The fourth-order valence-electron chi connectivity index (χ4n) is 2.72. The number of nitrogens with zero attached hydrogens (tertiary/aromatic N) is 4. The number of methoxy groups -OCH3 is 1. The maximum Gasteiger partial charge on any atom is 0.252 e. The van der Waals surface area contributed by atoms with Gasteiger partial charge in [0.2, 0.25) is 5.95 Å². The van der Waals surface area contributed by atoms with Crippen LogP contribution < -0.4 is 15.8 Å². The van der Waals surface area contributed by atoms with Crippen molar-refractivity contribution in [1.82, 2.24) is 24.5 Å². The Balaban J connectivity index is 1.74. The van der Waals surface area contributed by atoms with Crippen LogP contribution in [0, 0.1) is 0 Å². The molecule has 1 aromatic carbocycles. The van der Waals surface area contributed by atoms with E-state index in [4.69, 9.17) is 10.5 Å². The van der Waals surface area contributed by atoms with Crippen molar-refractivity contribution in [2.24, 2.45) is 5.73 Å². The number of amides is 1. The first-order valence-electron chi connectivity index (χ1n) is 7.74. The van der Waals surface area contributed by atoms with Crippen LogP contribution in [0.4, 0.5) is 11.6 Å². The lowest BCUT2D eigenvalue weighted by Crippen LogP contribution is -2.13. The molecule has 9 nitrogen and oxygen atoms in total. The van der Waals surface area contributed by atoms with Gasteiger partial charge in [-0.1, -0.05) is 0 Å². The third-order valence-electron chi connectivity index (χ3n) is 3.92. The van der Waals surface area contributed by atoms with E-state index in [0.717, 1.165) is 11.0 Å². The standard InChI is InChI=1S/C17H15N7O2/c1-26-13-3-2-10(8-12(13)14(18)25)23-17-20-6-7-24(17)16-11-4-5-19-15(11)21-9-22-16/h2-9H,1H3,(H2,18,25)(H,20,23)(H,19,21,22). The highest BCUT2D eigenvalue weighted by Gasteiger charge is 2.14. The highest BCUT2D eigenvalue weighted by molar-refractivity contribution is 5.96. The first-order valence-corrected chi connectivity index (χ1v) is 7.74. The van der Waals surface area contributed by atoms with Gasteiger partial charge >= 0.3 is 0 Å². The molecule has 26 heavy (non-hydrogen) atoms. The van der Waals surface area contributed by atoms with Crippen LogP contribution in [-0.4, -0.2) is 37.5 Å². The van der Waals surface area contributed by atoms with Gasteiger partial charge in [0.25, 0.3) is 5.91 Å². The minimum Gasteiger partial charge on any atom is -0.496 e. The Morgan fingerprint density at radius 1 is 1.27 bits per heavy atom. The van der Waals surface area contributed by atoms with Gasteiger partial charge in [0.15, 0.2) is 5.82 Å². The Kier molecular flexibility index (Phi) is 3.73. The van der Waals surface area contributed by atoms with E-state index in [1.54, 1.807) is 41.4 Å². The van der Waals surface area contributed by atoms with Gasteiger partial charge in [0.05, 0.1) is 18.1 Å². The predicted octanol–water partition coefficient (Wildman–Crippen LogP) is 1.99. The summed E-state index contributed by atoms with van der Waals surface area (Å²) in [6.45, 7) is 0. The van der Waals surface area contributed by atoms with E-state index < -0.39 is 5.91 Å². The molecule has 0 bridgehead atoms. The molecule has 0 spiro atoms. The Bertz CT molecular complexity index is 1100. The molecule has 0 fully saturated rings. The summed E-state index contributed by atoms with van der Waals surface area (Å²) in [5.41, 5.74) is 7.08. The maximum absolute atomic E-state index is 11.6. The van der Waals surface area contributed by atoms with Crippen LogP contribution in [-0.2, 0) is 0 Å². The summed E-state index contributed by atoms with van der Waals surface area (Å²) < 4.78 is 6.96. The zero-order chi connectivity index (χ0) is 18.1. The summed E-state index contributed by atoms with van der Waals surface area (Å²) >= 11 is 0. The molecule has 0 aliphatic heterocycles. The van der Waals surface area contributed by atoms with Crippen molar-refractivity contribution in [3.63, 3.8) is 0 Å². The van der Waals surface area contributed by atoms with E-state index in [-0.39, 0.29) is 5.56 Å². The quantitative estimate of drug-likeness (QED) is 0.506. The monoisotopic (exact) mass is 349 g/mol. The van der Waals surface area contributed by atoms with E-state index in [2.05, 4.69) is 25.3 Å². The number of anilines is 2. The highest BCUT2D eigenvalue weighted by atomic mass is 16.5. The number of hydrogen-bond acceptors (Lipinski definition) is 6. The van der Waals surface area contributed by atoms with Crippen LogP contribution in [0.3, 0.4) is 0 Å². The van der Waals surface area contributed by atoms with Crippen molar-refractivity contribution in [2.45, 2.75) is 0 Å². The fraction of sp³-hybridized carbons (Fsp3) is 0.0588. The molecule has 0 aliphatic rings. The molecule has 0 saturated carbocycles. The summed E-state index contributed by atoms with van der Waals surface area (Å²) in [4.78, 5) is 27.5. The maximum atomic E-state index is 11.6. The summed E-state index contributed by atoms with van der Waals surface area (Å²) in [6, 6.07) is 6.96. The van der Waals surface area contributed by atoms with Gasteiger partial charge in [0.1, 0.15) is 17.7 Å². The third-order valence-corrected chi connectivity index (χ3v) is 3.92. The number of carbonyl (C=O) groups excluding carboxylic acids is 1. The van der Waals surface area contributed by atoms with Gasteiger partial charge in [-0.3, -0.25) is 9.36 Å². The molecule has 4 rings (SSSR count). The fourth-order valence-corrected chi connectivity index (χ4v) is 2.72. The molecule has 0 aliphatic carbocycles. The molecule has 3 aromatic heterocycles. The van der Waals surface area contributed by atoms with Crippen molar-refractivity contribution in [1.29, 1.82) is 0 Å². The Labute approximate surface area is 147 Å². The summed E-state index contributed by atoms with van der Waals surface area (Å²) in [5, 5.41) is 4.03. The second-order valence-electron chi connectivity index (χ2n) is 5.46. The molecule has 9 heteroatoms. The van der Waals surface area contributed by atoms with Gasteiger partial charge in [-0.05, 0) is 24.3 Å². The molecule has 0 radical (unpaired) electrons. The number of nitrogens with one attached hydrogen (secondary N) is 2.